The molecule has 146 valence electrons. The van der Waals surface area contributed by atoms with Crippen molar-refractivity contribution < 1.29 is 29.1 Å². The third-order valence-electron chi connectivity index (χ3n) is 3.91. The summed E-state index contributed by atoms with van der Waals surface area (Å²) in [5.41, 5.74) is 0.120. The minimum atomic E-state index is -0.994. The van der Waals surface area contributed by atoms with E-state index in [1.807, 2.05) is 0 Å². The normalized spacial score (nSPS) is 16.4. The Morgan fingerprint density at radius 1 is 1.30 bits per heavy atom. The molecule has 0 saturated carbocycles. The summed E-state index contributed by atoms with van der Waals surface area (Å²) in [5.74, 6) is -1.39. The van der Waals surface area contributed by atoms with Crippen LogP contribution in [0.1, 0.15) is 38.8 Å². The van der Waals surface area contributed by atoms with Gasteiger partial charge in [-0.1, -0.05) is 6.92 Å². The van der Waals surface area contributed by atoms with E-state index in [2.05, 4.69) is 10.6 Å². The Labute approximate surface area is 155 Å². The van der Waals surface area contributed by atoms with Gasteiger partial charge >= 0.3 is 17.7 Å². The Morgan fingerprint density at radius 2 is 2.00 bits per heavy atom. The molecule has 10 nitrogen and oxygen atoms in total. The first-order valence-corrected chi connectivity index (χ1v) is 8.45. The Kier molecular flexibility index (Phi) is 6.22. The van der Waals surface area contributed by atoms with E-state index >= 15 is 0 Å². The predicted molar refractivity (Wildman–Crippen MR) is 94.3 cm³/mol. The number of phenols is 1. The Bertz CT molecular complexity index is 804. The van der Waals surface area contributed by atoms with E-state index in [9.17, 15) is 24.8 Å². The van der Waals surface area contributed by atoms with Crippen LogP contribution in [0.5, 0.6) is 11.5 Å². The highest BCUT2D eigenvalue weighted by Gasteiger charge is 2.35. The van der Waals surface area contributed by atoms with Gasteiger partial charge in [-0.25, -0.2) is 9.59 Å². The van der Waals surface area contributed by atoms with Crippen molar-refractivity contribution >= 4 is 17.7 Å². The lowest BCUT2D eigenvalue weighted by atomic mass is 9.93. The molecule has 1 aromatic carbocycles. The van der Waals surface area contributed by atoms with Gasteiger partial charge in [-0.2, -0.15) is 0 Å². The zero-order valence-corrected chi connectivity index (χ0v) is 15.2. The number of allylic oxidation sites excluding steroid dienone is 1. The Hall–Kier alpha value is -3.30. The highest BCUT2D eigenvalue weighted by molar-refractivity contribution is 5.95. The zero-order valence-electron chi connectivity index (χ0n) is 15.2. The molecule has 0 saturated heterocycles. The molecule has 1 aromatic rings. The van der Waals surface area contributed by atoms with Crippen molar-refractivity contribution in [3.63, 3.8) is 0 Å². The van der Waals surface area contributed by atoms with Crippen molar-refractivity contribution in [2.24, 2.45) is 0 Å². The van der Waals surface area contributed by atoms with Gasteiger partial charge in [-0.05, 0) is 31.9 Å². The van der Waals surface area contributed by atoms with Gasteiger partial charge < -0.3 is 25.2 Å². The van der Waals surface area contributed by atoms with E-state index in [1.165, 1.54) is 6.07 Å². The molecule has 0 aromatic heterocycles. The topological polar surface area (TPSA) is 140 Å². The van der Waals surface area contributed by atoms with E-state index < -0.39 is 34.4 Å². The molecule has 0 spiro atoms. The fraction of sp³-hybridized carbons (Fsp3) is 0.412. The van der Waals surface area contributed by atoms with Gasteiger partial charge in [0, 0.05) is 11.8 Å². The molecule has 0 fully saturated rings. The van der Waals surface area contributed by atoms with Gasteiger partial charge in [0.25, 0.3) is 0 Å². The number of carbonyl (C=O) groups excluding carboxylic acids is 2. The lowest BCUT2D eigenvalue weighted by Gasteiger charge is -2.29. The summed E-state index contributed by atoms with van der Waals surface area (Å²) < 4.78 is 10.3. The minimum absolute atomic E-state index is 0.115. The van der Waals surface area contributed by atoms with Crippen LogP contribution in [0.15, 0.2) is 23.4 Å². The summed E-state index contributed by atoms with van der Waals surface area (Å²) in [6.07, 6.45) is 0.344. The quantitative estimate of drug-likeness (QED) is 0.375. The van der Waals surface area contributed by atoms with Crippen LogP contribution in [0.3, 0.4) is 0 Å². The summed E-state index contributed by atoms with van der Waals surface area (Å²) in [7, 11) is 0. The SMILES string of the molecule is CCOC(=O)C1=C(CC)NC(=O)NC1c1cc(OCC)c(O)c([N+](=O)[O-])c1. The first-order valence-electron chi connectivity index (χ1n) is 8.45. The van der Waals surface area contributed by atoms with E-state index in [1.54, 1.807) is 20.8 Å². The molecule has 10 heteroatoms. The number of phenolic OH excluding ortho intramolecular Hbond substituents is 1. The molecule has 1 aliphatic heterocycles. The number of ether oxygens (including phenoxy) is 2. The van der Waals surface area contributed by atoms with Crippen LogP contribution in [0.25, 0.3) is 0 Å². The van der Waals surface area contributed by atoms with Crippen LogP contribution in [-0.2, 0) is 9.53 Å². The molecule has 0 bridgehead atoms. The molecular weight excluding hydrogens is 358 g/mol. The van der Waals surface area contributed by atoms with Crippen molar-refractivity contribution in [1.29, 1.82) is 0 Å². The summed E-state index contributed by atoms with van der Waals surface area (Å²) in [6, 6.07) is 0.903. The van der Waals surface area contributed by atoms with Gasteiger partial charge in [0.15, 0.2) is 5.75 Å². The minimum Gasteiger partial charge on any atom is -0.500 e. The summed E-state index contributed by atoms with van der Waals surface area (Å²) >= 11 is 0. The van der Waals surface area contributed by atoms with Crippen molar-refractivity contribution in [2.75, 3.05) is 13.2 Å². The fourth-order valence-corrected chi connectivity index (χ4v) is 2.78. The van der Waals surface area contributed by atoms with Crippen LogP contribution in [0.2, 0.25) is 0 Å². The molecule has 2 amide bonds. The number of esters is 1. The fourth-order valence-electron chi connectivity index (χ4n) is 2.78. The van der Waals surface area contributed by atoms with Crippen LogP contribution in [-0.4, -0.2) is 35.2 Å². The maximum Gasteiger partial charge on any atom is 0.338 e. The predicted octanol–water partition coefficient (Wildman–Crippen LogP) is 2.28. The van der Waals surface area contributed by atoms with E-state index in [0.29, 0.717) is 12.1 Å². The first-order chi connectivity index (χ1) is 12.8. The second-order valence-electron chi connectivity index (χ2n) is 5.57. The Balaban J connectivity index is 2.66. The lowest BCUT2D eigenvalue weighted by Crippen LogP contribution is -2.45. The molecule has 1 unspecified atom stereocenters. The monoisotopic (exact) mass is 379 g/mol. The molecule has 3 N–H and O–H groups in total. The molecule has 1 heterocycles. The summed E-state index contributed by atoms with van der Waals surface area (Å²) in [6.45, 7) is 5.34. The third kappa shape index (κ3) is 4.10. The first kappa shape index (κ1) is 20.0. The number of benzene rings is 1. The van der Waals surface area contributed by atoms with Crippen LogP contribution in [0, 0.1) is 10.1 Å². The Morgan fingerprint density at radius 3 is 2.56 bits per heavy atom. The van der Waals surface area contributed by atoms with Gasteiger partial charge in [0.2, 0.25) is 5.75 Å². The number of urea groups is 1. The lowest BCUT2D eigenvalue weighted by molar-refractivity contribution is -0.386. The maximum absolute atomic E-state index is 12.5. The largest absolute Gasteiger partial charge is 0.500 e. The number of carbonyl (C=O) groups is 2. The van der Waals surface area contributed by atoms with E-state index in [4.69, 9.17) is 9.47 Å². The second kappa shape index (κ2) is 8.39. The van der Waals surface area contributed by atoms with E-state index in [0.717, 1.165) is 6.07 Å². The van der Waals surface area contributed by atoms with Crippen molar-refractivity contribution in [1.82, 2.24) is 10.6 Å². The number of hydrogen-bond donors (Lipinski definition) is 3. The number of rotatable bonds is 7. The standard InChI is InChI=1S/C17H21N3O7/c1-4-10-13(16(22)27-6-3)14(19-17(23)18-10)9-7-11(20(24)25)15(21)12(8-9)26-5-2/h7-8,14,21H,4-6H2,1-3H3,(H2,18,19,23). The molecule has 1 atom stereocenters. The highest BCUT2D eigenvalue weighted by Crippen LogP contribution is 2.41. The average molecular weight is 379 g/mol. The number of hydrogen-bond acceptors (Lipinski definition) is 7. The maximum atomic E-state index is 12.5. The molecule has 27 heavy (non-hydrogen) atoms. The average Bonchev–Trinajstić information content (AvgIpc) is 2.62. The van der Waals surface area contributed by atoms with Crippen LogP contribution >= 0.6 is 0 Å². The molecule has 1 aliphatic rings. The number of nitrogens with one attached hydrogen (secondary N) is 2. The zero-order chi connectivity index (χ0) is 20.1. The van der Waals surface area contributed by atoms with Gasteiger partial charge in [0.1, 0.15) is 0 Å². The number of aromatic hydroxyl groups is 1. The van der Waals surface area contributed by atoms with E-state index in [-0.39, 0.29) is 30.1 Å². The highest BCUT2D eigenvalue weighted by atomic mass is 16.6. The smallest absolute Gasteiger partial charge is 0.338 e. The summed E-state index contributed by atoms with van der Waals surface area (Å²) in [4.78, 5) is 35.0. The van der Waals surface area contributed by atoms with Crippen molar-refractivity contribution in [3.05, 3.63) is 39.1 Å². The molecule has 2 rings (SSSR count). The van der Waals surface area contributed by atoms with Crippen molar-refractivity contribution in [3.8, 4) is 11.5 Å². The summed E-state index contributed by atoms with van der Waals surface area (Å²) in [5, 5.41) is 26.5. The molecular formula is C17H21N3O7. The molecule has 0 aliphatic carbocycles. The van der Waals surface area contributed by atoms with Gasteiger partial charge in [0.05, 0.1) is 29.8 Å². The number of nitro groups is 1. The number of nitrogens with zero attached hydrogens (tertiary/aromatic N) is 1. The molecule has 0 radical (unpaired) electrons. The third-order valence-corrected chi connectivity index (χ3v) is 3.91. The van der Waals surface area contributed by atoms with Crippen LogP contribution < -0.4 is 15.4 Å². The van der Waals surface area contributed by atoms with Gasteiger partial charge in [-0.15, -0.1) is 0 Å². The van der Waals surface area contributed by atoms with Crippen molar-refractivity contribution in [2.45, 2.75) is 33.2 Å². The number of nitro benzene ring substituents is 1. The van der Waals surface area contributed by atoms with Gasteiger partial charge in [-0.3, -0.25) is 10.1 Å². The second-order valence-corrected chi connectivity index (χ2v) is 5.57. The van der Waals surface area contributed by atoms with Crippen LogP contribution in [0.4, 0.5) is 10.5 Å². The number of amides is 2.